The molecule has 0 spiro atoms. The van der Waals surface area contributed by atoms with E-state index in [1.54, 1.807) is 0 Å². The van der Waals surface area contributed by atoms with Crippen LogP contribution in [0.4, 0.5) is 0 Å². The Hall–Kier alpha value is -2.01. The monoisotopic (exact) mass is 357 g/mol. The Morgan fingerprint density at radius 3 is 2.80 bits per heavy atom. The molecular weight excluding hydrogens is 334 g/mol. The first kappa shape index (κ1) is 16.5. The number of carbonyl (C=O) groups is 1. The van der Waals surface area contributed by atoms with Gasteiger partial charge < -0.3 is 14.4 Å². The van der Waals surface area contributed by atoms with E-state index in [9.17, 15) is 4.79 Å². The first-order valence-corrected chi connectivity index (χ1v) is 9.84. The lowest BCUT2D eigenvalue weighted by Gasteiger charge is -2.32. The molecular formula is C20H23NO3S. The number of amides is 1. The second kappa shape index (κ2) is 7.48. The van der Waals surface area contributed by atoms with E-state index in [2.05, 4.69) is 17.5 Å². The van der Waals surface area contributed by atoms with Crippen molar-refractivity contribution in [2.75, 3.05) is 19.9 Å². The fraction of sp³-hybridized carbons (Fsp3) is 0.450. The van der Waals surface area contributed by atoms with Crippen LogP contribution in [0.3, 0.4) is 0 Å². The Kier molecular flexibility index (Phi) is 4.92. The second-order valence-electron chi connectivity index (χ2n) is 6.80. The third kappa shape index (κ3) is 3.98. The number of benzene rings is 1. The fourth-order valence-corrected chi connectivity index (χ4v) is 4.43. The zero-order valence-electron chi connectivity index (χ0n) is 14.3. The Labute approximate surface area is 152 Å². The van der Waals surface area contributed by atoms with Gasteiger partial charge in [0.25, 0.3) is 0 Å². The van der Waals surface area contributed by atoms with E-state index in [-0.39, 0.29) is 12.7 Å². The molecule has 0 aliphatic carbocycles. The molecule has 0 bridgehead atoms. The molecule has 4 rings (SSSR count). The van der Waals surface area contributed by atoms with Crippen LogP contribution in [-0.2, 0) is 17.6 Å². The van der Waals surface area contributed by atoms with E-state index in [4.69, 9.17) is 9.47 Å². The number of hydrogen-bond acceptors (Lipinski definition) is 4. The van der Waals surface area contributed by atoms with Crippen LogP contribution in [0.5, 0.6) is 11.5 Å². The van der Waals surface area contributed by atoms with Crippen LogP contribution in [-0.4, -0.2) is 30.7 Å². The molecule has 0 radical (unpaired) electrons. The number of nitrogens with zero attached hydrogens (tertiary/aromatic N) is 1. The highest BCUT2D eigenvalue weighted by molar-refractivity contribution is 7.09. The van der Waals surface area contributed by atoms with Crippen LogP contribution in [0.15, 0.2) is 35.7 Å². The van der Waals surface area contributed by atoms with Crippen LogP contribution in [0.1, 0.15) is 29.7 Å². The van der Waals surface area contributed by atoms with Gasteiger partial charge in [0.05, 0.1) is 0 Å². The molecule has 1 aromatic heterocycles. The van der Waals surface area contributed by atoms with Crippen LogP contribution in [0, 0.1) is 5.92 Å². The molecule has 2 aliphatic heterocycles. The van der Waals surface area contributed by atoms with Crippen molar-refractivity contribution < 1.29 is 14.3 Å². The molecule has 25 heavy (non-hydrogen) atoms. The number of aryl methyl sites for hydroxylation is 1. The molecule has 0 saturated carbocycles. The molecule has 2 aromatic rings. The lowest BCUT2D eigenvalue weighted by molar-refractivity contribution is -0.132. The standard InChI is InChI=1S/C20H23NO3S/c22-20(6-4-15-3-5-18-19(13-15)24-14-23-18)21-9-7-16(8-10-21)12-17-2-1-11-25-17/h1-3,5,11,13,16H,4,6-10,12,14H2. The molecule has 4 nitrogen and oxygen atoms in total. The van der Waals surface area contributed by atoms with Crippen molar-refractivity contribution in [3.05, 3.63) is 46.2 Å². The maximum absolute atomic E-state index is 12.5. The van der Waals surface area contributed by atoms with Gasteiger partial charge in [-0.1, -0.05) is 12.1 Å². The minimum atomic E-state index is 0.271. The zero-order valence-corrected chi connectivity index (χ0v) is 15.1. The van der Waals surface area contributed by atoms with E-state index in [1.807, 2.05) is 34.4 Å². The highest BCUT2D eigenvalue weighted by atomic mass is 32.1. The van der Waals surface area contributed by atoms with Gasteiger partial charge in [0, 0.05) is 24.4 Å². The Morgan fingerprint density at radius 2 is 2.00 bits per heavy atom. The first-order valence-electron chi connectivity index (χ1n) is 8.96. The summed E-state index contributed by atoms with van der Waals surface area (Å²) >= 11 is 1.84. The van der Waals surface area contributed by atoms with Crippen molar-refractivity contribution in [1.29, 1.82) is 0 Å². The molecule has 2 aliphatic rings. The summed E-state index contributed by atoms with van der Waals surface area (Å²) in [4.78, 5) is 16.0. The molecule has 1 amide bonds. The van der Waals surface area contributed by atoms with Crippen molar-refractivity contribution in [1.82, 2.24) is 4.90 Å². The molecule has 0 atom stereocenters. The summed E-state index contributed by atoms with van der Waals surface area (Å²) in [5.41, 5.74) is 1.13. The third-order valence-corrected chi connectivity index (χ3v) is 6.00. The number of carbonyl (C=O) groups excluding carboxylic acids is 1. The zero-order chi connectivity index (χ0) is 17.1. The van der Waals surface area contributed by atoms with Crippen molar-refractivity contribution in [2.45, 2.75) is 32.1 Å². The number of likely N-dealkylation sites (tertiary alicyclic amines) is 1. The molecule has 1 aromatic carbocycles. The van der Waals surface area contributed by atoms with Gasteiger partial charge in [-0.3, -0.25) is 4.79 Å². The van der Waals surface area contributed by atoms with Crippen LogP contribution in [0.25, 0.3) is 0 Å². The quantitative estimate of drug-likeness (QED) is 0.815. The molecule has 1 fully saturated rings. The van der Waals surface area contributed by atoms with Crippen LogP contribution >= 0.6 is 11.3 Å². The van der Waals surface area contributed by atoms with E-state index in [0.29, 0.717) is 6.42 Å². The van der Waals surface area contributed by atoms with Crippen molar-refractivity contribution >= 4 is 17.2 Å². The van der Waals surface area contributed by atoms with Crippen LogP contribution < -0.4 is 9.47 Å². The number of piperidine rings is 1. The summed E-state index contributed by atoms with van der Waals surface area (Å²) in [6.07, 6.45) is 4.72. The second-order valence-corrected chi connectivity index (χ2v) is 7.83. The Morgan fingerprint density at radius 1 is 1.16 bits per heavy atom. The van der Waals surface area contributed by atoms with Gasteiger partial charge in [0.2, 0.25) is 12.7 Å². The lowest BCUT2D eigenvalue weighted by atomic mass is 9.92. The molecule has 0 N–H and O–H groups in total. The predicted molar refractivity (Wildman–Crippen MR) is 98.2 cm³/mol. The predicted octanol–water partition coefficient (Wildman–Crippen LogP) is 3.89. The lowest BCUT2D eigenvalue weighted by Crippen LogP contribution is -2.38. The van der Waals surface area contributed by atoms with Gasteiger partial charge in [-0.2, -0.15) is 0 Å². The van der Waals surface area contributed by atoms with E-state index >= 15 is 0 Å². The number of fused-ring (bicyclic) bond motifs is 1. The van der Waals surface area contributed by atoms with Crippen molar-refractivity contribution in [2.24, 2.45) is 5.92 Å². The van der Waals surface area contributed by atoms with Crippen molar-refractivity contribution in [3.8, 4) is 11.5 Å². The first-order chi connectivity index (χ1) is 12.3. The molecule has 5 heteroatoms. The number of ether oxygens (including phenoxy) is 2. The average molecular weight is 357 g/mol. The van der Waals surface area contributed by atoms with Crippen LogP contribution in [0.2, 0.25) is 0 Å². The van der Waals surface area contributed by atoms with Gasteiger partial charge >= 0.3 is 0 Å². The molecule has 0 unspecified atom stereocenters. The van der Waals surface area contributed by atoms with Gasteiger partial charge in [0.1, 0.15) is 0 Å². The molecule has 1 saturated heterocycles. The molecule has 132 valence electrons. The number of thiophene rings is 1. The summed E-state index contributed by atoms with van der Waals surface area (Å²) < 4.78 is 10.7. The van der Waals surface area contributed by atoms with Gasteiger partial charge in [-0.25, -0.2) is 0 Å². The van der Waals surface area contributed by atoms with Gasteiger partial charge in [0.15, 0.2) is 11.5 Å². The summed E-state index contributed by atoms with van der Waals surface area (Å²) in [7, 11) is 0. The van der Waals surface area contributed by atoms with E-state index < -0.39 is 0 Å². The van der Waals surface area contributed by atoms with E-state index in [1.165, 1.54) is 4.88 Å². The fourth-order valence-electron chi connectivity index (χ4n) is 3.61. The van der Waals surface area contributed by atoms with Gasteiger partial charge in [-0.15, -0.1) is 11.3 Å². The topological polar surface area (TPSA) is 38.8 Å². The summed E-state index contributed by atoms with van der Waals surface area (Å²) in [5.74, 6) is 2.58. The SMILES string of the molecule is O=C(CCc1ccc2c(c1)OCO2)N1CCC(Cc2cccs2)CC1. The molecule has 3 heterocycles. The number of hydrogen-bond donors (Lipinski definition) is 0. The average Bonchev–Trinajstić information content (AvgIpc) is 3.31. The summed E-state index contributed by atoms with van der Waals surface area (Å²) in [6, 6.07) is 10.3. The third-order valence-electron chi connectivity index (χ3n) is 5.10. The van der Waals surface area contributed by atoms with Crippen molar-refractivity contribution in [3.63, 3.8) is 0 Å². The highest BCUT2D eigenvalue weighted by Crippen LogP contribution is 2.33. The minimum Gasteiger partial charge on any atom is -0.454 e. The summed E-state index contributed by atoms with van der Waals surface area (Å²) in [6.45, 7) is 2.09. The Balaban J connectivity index is 1.24. The van der Waals surface area contributed by atoms with Gasteiger partial charge in [-0.05, 0) is 60.7 Å². The minimum absolute atomic E-state index is 0.271. The highest BCUT2D eigenvalue weighted by Gasteiger charge is 2.23. The van der Waals surface area contributed by atoms with E-state index in [0.717, 1.165) is 61.8 Å². The smallest absolute Gasteiger partial charge is 0.231 e. The normalized spacial score (nSPS) is 17.0. The number of rotatable bonds is 5. The largest absolute Gasteiger partial charge is 0.454 e. The maximum atomic E-state index is 12.5. The summed E-state index contributed by atoms with van der Waals surface area (Å²) in [5, 5.41) is 2.14. The Bertz CT molecular complexity index is 721. The maximum Gasteiger partial charge on any atom is 0.231 e.